The Balaban J connectivity index is 0. The van der Waals surface area contributed by atoms with Gasteiger partial charge in [-0.05, 0) is 0 Å². The zero-order valence-electron chi connectivity index (χ0n) is 2.75. The molecular weight excluding hydrogens is 164 g/mol. The molecule has 5 heteroatoms. The maximum Gasteiger partial charge on any atom is 1.00 e. The molecule has 0 saturated carbocycles. The Hall–Kier alpha value is 2.12. The molecule has 0 aliphatic carbocycles. The summed E-state index contributed by atoms with van der Waals surface area (Å²) in [7, 11) is -2.87. The summed E-state index contributed by atoms with van der Waals surface area (Å²) in [5.41, 5.74) is 0. The van der Waals surface area contributed by atoms with E-state index in [0.29, 0.717) is 0 Å². The van der Waals surface area contributed by atoms with Crippen molar-refractivity contribution in [1.29, 1.82) is 0 Å². The largest absolute Gasteiger partial charge is 1.00 e. The van der Waals surface area contributed by atoms with Crippen LogP contribution >= 0.6 is 8.60 Å². The van der Waals surface area contributed by atoms with Crippen molar-refractivity contribution >= 4 is 8.60 Å². The molecule has 0 aromatic heterocycles. The molecule has 26 valence electrons. The van der Waals surface area contributed by atoms with Gasteiger partial charge in [-0.25, -0.2) is 0 Å². The molecule has 0 rings (SSSR count). The molecule has 0 fully saturated rings. The monoisotopic (exact) mass is 166 g/mol. The van der Waals surface area contributed by atoms with Crippen LogP contribution in [-0.2, 0) is 0 Å². The van der Waals surface area contributed by atoms with Crippen LogP contribution in [0.25, 0.3) is 0 Å². The summed E-state index contributed by atoms with van der Waals surface area (Å²) in [5, 5.41) is 0. The zero-order valence-corrected chi connectivity index (χ0v) is 8.56. The summed E-state index contributed by atoms with van der Waals surface area (Å²) in [5.74, 6) is 0. The Bertz CT molecular complexity index is 11.6. The Morgan fingerprint density at radius 2 is 1.40 bits per heavy atom. The van der Waals surface area contributed by atoms with Crippen LogP contribution in [0.15, 0.2) is 0 Å². The summed E-state index contributed by atoms with van der Waals surface area (Å²) >= 11 is 0. The van der Waals surface area contributed by atoms with E-state index in [1.807, 2.05) is 0 Å². The van der Waals surface area contributed by atoms with E-state index >= 15 is 0 Å². The molecule has 5 heavy (non-hydrogen) atoms. The molecule has 0 aliphatic heterocycles. The van der Waals surface area contributed by atoms with Gasteiger partial charge in [-0.2, -0.15) is 0 Å². The maximum atomic E-state index is 8.70. The molecule has 2 N–H and O–H groups in total. The van der Waals surface area contributed by atoms with Crippen molar-refractivity contribution in [3.8, 4) is 0 Å². The molecule has 0 saturated heterocycles. The van der Waals surface area contributed by atoms with Crippen molar-refractivity contribution in [1.82, 2.24) is 0 Å². The van der Waals surface area contributed by atoms with Crippen molar-refractivity contribution in [2.75, 3.05) is 0 Å². The van der Waals surface area contributed by atoms with Crippen LogP contribution < -0.4 is 63.1 Å². The van der Waals surface area contributed by atoms with Gasteiger partial charge in [-0.3, -0.25) is 0 Å². The maximum absolute atomic E-state index is 8.70. The van der Waals surface area contributed by atoms with Gasteiger partial charge in [0.05, 0.1) is 8.60 Å². The molecule has 3 nitrogen and oxygen atoms in total. The van der Waals surface area contributed by atoms with Crippen molar-refractivity contribution < 1.29 is 72.9 Å². The van der Waals surface area contributed by atoms with Crippen LogP contribution in [0.2, 0.25) is 0 Å². The zero-order chi connectivity index (χ0) is 3.58. The molecule has 0 heterocycles. The molecule has 0 spiro atoms. The van der Waals surface area contributed by atoms with Crippen molar-refractivity contribution in [3.05, 3.63) is 0 Å². The third-order valence-electron chi connectivity index (χ3n) is 0. The van der Waals surface area contributed by atoms with Crippen LogP contribution in [0.5, 0.6) is 0 Å². The predicted octanol–water partition coefficient (Wildman–Crippen LogP) is -4.44. The normalized spacial score (nSPS) is 7.20. The van der Waals surface area contributed by atoms with Gasteiger partial charge in [0.2, 0.25) is 0 Å². The average molecular weight is 166 g/mol. The fourth-order valence-electron chi connectivity index (χ4n) is 0. The molecule has 0 aromatic carbocycles. The topological polar surface area (TPSA) is 63.5 Å². The third-order valence-corrected chi connectivity index (χ3v) is 0. The van der Waals surface area contributed by atoms with Gasteiger partial charge in [0, 0.05) is 0 Å². The van der Waals surface area contributed by atoms with Crippen molar-refractivity contribution in [2.24, 2.45) is 0 Å². The van der Waals surface area contributed by atoms with Crippen LogP contribution in [0.3, 0.4) is 0 Å². The van der Waals surface area contributed by atoms with E-state index in [4.69, 9.17) is 14.7 Å². The number of rotatable bonds is 0. The smallest absolute Gasteiger partial charge is 0.786 e. The van der Waals surface area contributed by atoms with E-state index in [0.717, 1.165) is 0 Å². The molecule has 0 radical (unpaired) electrons. The molecule has 0 amide bonds. The summed E-state index contributed by atoms with van der Waals surface area (Å²) in [6.07, 6.45) is 0. The number of hydrogen-bond donors (Lipinski definition) is 2. The van der Waals surface area contributed by atoms with Crippen LogP contribution in [0, 0.1) is 0 Å². The minimum atomic E-state index is -2.87. The molecule has 0 aliphatic rings. The van der Waals surface area contributed by atoms with E-state index < -0.39 is 8.60 Å². The van der Waals surface area contributed by atoms with Crippen molar-refractivity contribution in [3.63, 3.8) is 0 Å². The third kappa shape index (κ3) is 23.1. The van der Waals surface area contributed by atoms with E-state index in [-0.39, 0.29) is 58.2 Å². The Labute approximate surface area is 79.8 Å². The summed E-state index contributed by atoms with van der Waals surface area (Å²) in [6.45, 7) is 0. The standard InChI is InChI=1S/H2O3P.Rb/c1-4(2)3;/h1-2H;/q-1;+1. The molecular formula is H2O3PRb. The van der Waals surface area contributed by atoms with Gasteiger partial charge in [0.1, 0.15) is 0 Å². The van der Waals surface area contributed by atoms with Gasteiger partial charge < -0.3 is 14.7 Å². The molecule has 0 bridgehead atoms. The fraction of sp³-hybridized carbons (Fsp3) is 0. The summed E-state index contributed by atoms with van der Waals surface area (Å²) in [4.78, 5) is 22.9. The van der Waals surface area contributed by atoms with Crippen LogP contribution in [0.4, 0.5) is 0 Å². The minimum Gasteiger partial charge on any atom is -0.786 e. The average Bonchev–Trinajstić information content (AvgIpc) is 0.811. The predicted molar refractivity (Wildman–Crippen MR) is 11.4 cm³/mol. The van der Waals surface area contributed by atoms with E-state index in [1.165, 1.54) is 0 Å². The van der Waals surface area contributed by atoms with Gasteiger partial charge in [-0.15, -0.1) is 0 Å². The second-order valence-corrected chi connectivity index (χ2v) is 0.758. The molecule has 0 unspecified atom stereocenters. The van der Waals surface area contributed by atoms with Gasteiger partial charge in [0.15, 0.2) is 0 Å². The first-order valence-corrected chi connectivity index (χ1v) is 1.75. The minimum absolute atomic E-state index is 0. The quantitative estimate of drug-likeness (QED) is 0.357. The Kier molecular flexibility index (Phi) is 12.4. The Morgan fingerprint density at radius 1 is 1.40 bits per heavy atom. The fourth-order valence-corrected chi connectivity index (χ4v) is 0. The molecule has 0 atom stereocenters. The summed E-state index contributed by atoms with van der Waals surface area (Å²) in [6, 6.07) is 0. The van der Waals surface area contributed by atoms with Crippen molar-refractivity contribution in [2.45, 2.75) is 0 Å². The van der Waals surface area contributed by atoms with Gasteiger partial charge in [-0.1, -0.05) is 0 Å². The van der Waals surface area contributed by atoms with E-state index in [2.05, 4.69) is 0 Å². The van der Waals surface area contributed by atoms with E-state index in [1.54, 1.807) is 0 Å². The first kappa shape index (κ1) is 10.2. The number of hydrogen-bond acceptors (Lipinski definition) is 3. The second-order valence-electron chi connectivity index (χ2n) is 0.253. The van der Waals surface area contributed by atoms with Gasteiger partial charge >= 0.3 is 58.2 Å². The first-order chi connectivity index (χ1) is 1.73. The second kappa shape index (κ2) is 6.12. The van der Waals surface area contributed by atoms with Crippen LogP contribution in [-0.4, -0.2) is 9.79 Å². The van der Waals surface area contributed by atoms with Crippen LogP contribution in [0.1, 0.15) is 0 Å². The Morgan fingerprint density at radius 3 is 1.40 bits per heavy atom. The SMILES string of the molecule is [O-]P(O)O.[Rb+]. The first-order valence-electron chi connectivity index (χ1n) is 0.583. The molecule has 0 aromatic rings. The van der Waals surface area contributed by atoms with E-state index in [9.17, 15) is 0 Å². The van der Waals surface area contributed by atoms with Gasteiger partial charge in [0.25, 0.3) is 0 Å². The summed E-state index contributed by atoms with van der Waals surface area (Å²) < 4.78 is 0.